The molecule has 1 aromatic rings. The predicted octanol–water partition coefficient (Wildman–Crippen LogP) is 1.61. The molecule has 0 aromatic heterocycles. The van der Waals surface area contributed by atoms with Crippen molar-refractivity contribution in [2.24, 2.45) is 5.90 Å². The Kier molecular flexibility index (Phi) is 4.66. The fraction of sp³-hybridized carbons (Fsp3) is 0.273. The molecule has 0 heterocycles. The van der Waals surface area contributed by atoms with E-state index in [-0.39, 0.29) is 0 Å². The zero-order chi connectivity index (χ0) is 11.1. The fourth-order valence-corrected chi connectivity index (χ4v) is 1.19. The summed E-state index contributed by atoms with van der Waals surface area (Å²) in [5, 5.41) is 0. The number of hydrogen-bond acceptors (Lipinski definition) is 4. The Morgan fingerprint density at radius 1 is 1.27 bits per heavy atom. The lowest BCUT2D eigenvalue weighted by molar-refractivity contribution is 0.168. The van der Waals surface area contributed by atoms with Gasteiger partial charge in [0.15, 0.2) is 0 Å². The minimum Gasteiger partial charge on any atom is -0.497 e. The van der Waals surface area contributed by atoms with Crippen LogP contribution in [0.2, 0.25) is 0 Å². The van der Waals surface area contributed by atoms with Crippen molar-refractivity contribution >= 4 is 6.08 Å². The van der Waals surface area contributed by atoms with E-state index < -0.39 is 0 Å². The molecule has 0 amide bonds. The summed E-state index contributed by atoms with van der Waals surface area (Å²) in [6, 6.07) is 5.60. The van der Waals surface area contributed by atoms with Gasteiger partial charge >= 0.3 is 0 Å². The van der Waals surface area contributed by atoms with E-state index in [1.807, 2.05) is 30.4 Å². The molecule has 0 saturated carbocycles. The van der Waals surface area contributed by atoms with Crippen LogP contribution in [0.25, 0.3) is 6.08 Å². The predicted molar refractivity (Wildman–Crippen MR) is 58.7 cm³/mol. The molecule has 0 bridgehead atoms. The van der Waals surface area contributed by atoms with Crippen LogP contribution < -0.4 is 15.4 Å². The third-order valence-electron chi connectivity index (χ3n) is 1.93. The lowest BCUT2D eigenvalue weighted by Crippen LogP contribution is -1.97. The third kappa shape index (κ3) is 3.27. The first-order valence-corrected chi connectivity index (χ1v) is 4.52. The Balaban J connectivity index is 2.87. The Hall–Kier alpha value is -1.52. The molecule has 4 nitrogen and oxygen atoms in total. The van der Waals surface area contributed by atoms with Gasteiger partial charge < -0.3 is 14.3 Å². The van der Waals surface area contributed by atoms with Crippen LogP contribution in [0.5, 0.6) is 11.5 Å². The lowest BCUT2D eigenvalue weighted by atomic mass is 10.2. The molecule has 0 aliphatic rings. The van der Waals surface area contributed by atoms with Gasteiger partial charge in [0, 0.05) is 11.6 Å². The Morgan fingerprint density at radius 2 is 2.07 bits per heavy atom. The second-order valence-electron chi connectivity index (χ2n) is 2.84. The summed E-state index contributed by atoms with van der Waals surface area (Å²) in [5.74, 6) is 6.42. The van der Waals surface area contributed by atoms with Gasteiger partial charge in [-0.1, -0.05) is 12.2 Å². The van der Waals surface area contributed by atoms with Crippen LogP contribution in [0.1, 0.15) is 5.56 Å². The van der Waals surface area contributed by atoms with Crippen LogP contribution in [0.3, 0.4) is 0 Å². The first kappa shape index (κ1) is 11.6. The Morgan fingerprint density at radius 3 is 2.67 bits per heavy atom. The van der Waals surface area contributed by atoms with Crippen molar-refractivity contribution in [1.82, 2.24) is 0 Å². The number of rotatable bonds is 5. The van der Waals surface area contributed by atoms with Gasteiger partial charge in [0.05, 0.1) is 20.8 Å². The number of ether oxygens (including phenoxy) is 2. The second kappa shape index (κ2) is 6.06. The maximum Gasteiger partial charge on any atom is 0.129 e. The third-order valence-corrected chi connectivity index (χ3v) is 1.93. The van der Waals surface area contributed by atoms with Crippen LogP contribution in [0, 0.1) is 0 Å². The standard InChI is InChI=1S/C11H15NO3/c1-13-10-6-5-9(4-3-7-15-12)11(8-10)14-2/h3-6,8H,7,12H2,1-2H3/b4-3+. The molecule has 2 N–H and O–H groups in total. The van der Waals surface area contributed by atoms with Crippen molar-refractivity contribution in [3.8, 4) is 11.5 Å². The molecule has 1 rings (SSSR count). The summed E-state index contributed by atoms with van der Waals surface area (Å²) >= 11 is 0. The van der Waals surface area contributed by atoms with Crippen molar-refractivity contribution in [1.29, 1.82) is 0 Å². The zero-order valence-electron chi connectivity index (χ0n) is 8.90. The number of nitrogens with two attached hydrogens (primary N) is 1. The molecule has 0 radical (unpaired) electrons. The summed E-state index contributed by atoms with van der Waals surface area (Å²) in [7, 11) is 3.23. The van der Waals surface area contributed by atoms with Crippen LogP contribution >= 0.6 is 0 Å². The quantitative estimate of drug-likeness (QED) is 0.748. The second-order valence-corrected chi connectivity index (χ2v) is 2.84. The molecular formula is C11H15NO3. The van der Waals surface area contributed by atoms with Gasteiger partial charge in [-0.15, -0.1) is 0 Å². The van der Waals surface area contributed by atoms with E-state index in [9.17, 15) is 0 Å². The molecular weight excluding hydrogens is 194 g/mol. The average molecular weight is 209 g/mol. The SMILES string of the molecule is COc1ccc(/C=C/CON)c(OC)c1. The summed E-state index contributed by atoms with van der Waals surface area (Å²) in [5.41, 5.74) is 0.954. The monoisotopic (exact) mass is 209 g/mol. The van der Waals surface area contributed by atoms with Crippen molar-refractivity contribution in [3.05, 3.63) is 29.8 Å². The number of hydrogen-bond donors (Lipinski definition) is 1. The highest BCUT2D eigenvalue weighted by atomic mass is 16.6. The van der Waals surface area contributed by atoms with E-state index in [0.29, 0.717) is 6.61 Å². The number of benzene rings is 1. The van der Waals surface area contributed by atoms with Gasteiger partial charge in [-0.2, -0.15) is 0 Å². The molecule has 1 aromatic carbocycles. The Labute approximate surface area is 89.2 Å². The van der Waals surface area contributed by atoms with Crippen LogP contribution in [-0.2, 0) is 4.84 Å². The maximum absolute atomic E-state index is 5.22. The van der Waals surface area contributed by atoms with Gasteiger partial charge in [0.25, 0.3) is 0 Å². The zero-order valence-corrected chi connectivity index (χ0v) is 8.90. The number of methoxy groups -OCH3 is 2. The molecule has 0 fully saturated rings. The van der Waals surface area contributed by atoms with E-state index in [0.717, 1.165) is 17.1 Å². The summed E-state index contributed by atoms with van der Waals surface area (Å²) in [4.78, 5) is 4.43. The molecule has 15 heavy (non-hydrogen) atoms. The van der Waals surface area contributed by atoms with Gasteiger partial charge in [0.2, 0.25) is 0 Å². The molecule has 0 spiro atoms. The van der Waals surface area contributed by atoms with Crippen LogP contribution in [-0.4, -0.2) is 20.8 Å². The van der Waals surface area contributed by atoms with Gasteiger partial charge in [-0.25, -0.2) is 5.90 Å². The van der Waals surface area contributed by atoms with Gasteiger partial charge in [0.1, 0.15) is 11.5 Å². The van der Waals surface area contributed by atoms with Crippen molar-refractivity contribution in [2.75, 3.05) is 20.8 Å². The topological polar surface area (TPSA) is 53.7 Å². The van der Waals surface area contributed by atoms with Crippen molar-refractivity contribution in [2.45, 2.75) is 0 Å². The molecule has 0 atom stereocenters. The Bertz CT molecular complexity index is 337. The highest BCUT2D eigenvalue weighted by Gasteiger charge is 2.01. The maximum atomic E-state index is 5.22. The van der Waals surface area contributed by atoms with Crippen LogP contribution in [0.15, 0.2) is 24.3 Å². The van der Waals surface area contributed by atoms with E-state index >= 15 is 0 Å². The summed E-state index contributed by atoms with van der Waals surface area (Å²) in [6.07, 6.45) is 3.69. The molecule has 82 valence electrons. The van der Waals surface area contributed by atoms with E-state index in [4.69, 9.17) is 15.4 Å². The largest absolute Gasteiger partial charge is 0.497 e. The van der Waals surface area contributed by atoms with Crippen molar-refractivity contribution < 1.29 is 14.3 Å². The molecule has 0 aliphatic carbocycles. The van der Waals surface area contributed by atoms with Gasteiger partial charge in [-0.05, 0) is 12.1 Å². The average Bonchev–Trinajstić information content (AvgIpc) is 2.29. The van der Waals surface area contributed by atoms with E-state index in [2.05, 4.69) is 4.84 Å². The highest BCUT2D eigenvalue weighted by molar-refractivity contribution is 5.59. The summed E-state index contributed by atoms with van der Waals surface area (Å²) in [6.45, 7) is 0.370. The first-order chi connectivity index (χ1) is 7.31. The molecule has 0 saturated heterocycles. The molecule has 4 heteroatoms. The van der Waals surface area contributed by atoms with Crippen molar-refractivity contribution in [3.63, 3.8) is 0 Å². The normalized spacial score (nSPS) is 10.6. The highest BCUT2D eigenvalue weighted by Crippen LogP contribution is 2.25. The summed E-state index contributed by atoms with van der Waals surface area (Å²) < 4.78 is 10.3. The van der Waals surface area contributed by atoms with E-state index in [1.54, 1.807) is 14.2 Å². The minimum absolute atomic E-state index is 0.370. The fourth-order valence-electron chi connectivity index (χ4n) is 1.19. The lowest BCUT2D eigenvalue weighted by Gasteiger charge is -2.07. The van der Waals surface area contributed by atoms with Crippen LogP contribution in [0.4, 0.5) is 0 Å². The minimum atomic E-state index is 0.370. The molecule has 0 unspecified atom stereocenters. The smallest absolute Gasteiger partial charge is 0.129 e. The van der Waals surface area contributed by atoms with Gasteiger partial charge in [-0.3, -0.25) is 0 Å². The molecule has 0 aliphatic heterocycles. The first-order valence-electron chi connectivity index (χ1n) is 4.52. The van der Waals surface area contributed by atoms with E-state index in [1.165, 1.54) is 0 Å².